The summed E-state index contributed by atoms with van der Waals surface area (Å²) in [5.41, 5.74) is 7.42. The molecule has 1 saturated carbocycles. The zero-order valence-corrected chi connectivity index (χ0v) is 13.5. The summed E-state index contributed by atoms with van der Waals surface area (Å²) in [5.74, 6) is 0.384. The topological polar surface area (TPSA) is 82.0 Å². The van der Waals surface area contributed by atoms with E-state index in [1.807, 2.05) is 24.3 Å². The third kappa shape index (κ3) is 3.03. The summed E-state index contributed by atoms with van der Waals surface area (Å²) < 4.78 is 3.29. The molecule has 0 radical (unpaired) electrons. The first-order valence-electron chi connectivity index (χ1n) is 8.25. The van der Waals surface area contributed by atoms with Crippen LogP contribution in [0.3, 0.4) is 0 Å². The van der Waals surface area contributed by atoms with Gasteiger partial charge in [-0.2, -0.15) is 0 Å². The van der Waals surface area contributed by atoms with Crippen molar-refractivity contribution in [3.8, 4) is 0 Å². The van der Waals surface area contributed by atoms with E-state index in [1.165, 1.54) is 0 Å². The number of carbonyl (C=O) groups excluding carboxylic acids is 1. The van der Waals surface area contributed by atoms with Gasteiger partial charge >= 0.3 is 5.69 Å². The Morgan fingerprint density at radius 2 is 2.04 bits per heavy atom. The molecule has 0 aliphatic heterocycles. The normalized spacial score (nSPS) is 21.0. The Balaban J connectivity index is 1.68. The number of amides is 1. The smallest absolute Gasteiger partial charge is 0.328 e. The molecule has 0 spiro atoms. The quantitative estimate of drug-likeness (QED) is 0.862. The highest BCUT2D eigenvalue weighted by atomic mass is 16.2. The summed E-state index contributed by atoms with van der Waals surface area (Å²) in [7, 11) is 1.76. The number of hydrogen-bond acceptors (Lipinski definition) is 3. The minimum Gasteiger partial charge on any atom is -0.353 e. The second-order valence-electron chi connectivity index (χ2n) is 6.33. The van der Waals surface area contributed by atoms with E-state index in [1.54, 1.807) is 16.2 Å². The van der Waals surface area contributed by atoms with Gasteiger partial charge in [-0.15, -0.1) is 0 Å². The molecule has 1 fully saturated rings. The van der Waals surface area contributed by atoms with Crippen LogP contribution in [-0.2, 0) is 18.4 Å². The van der Waals surface area contributed by atoms with Gasteiger partial charge in [-0.1, -0.05) is 18.6 Å². The van der Waals surface area contributed by atoms with E-state index in [4.69, 9.17) is 5.73 Å². The molecule has 2 aromatic rings. The summed E-state index contributed by atoms with van der Waals surface area (Å²) in [6.45, 7) is 1.01. The molecule has 1 aromatic heterocycles. The number of fused-ring (bicyclic) bond motifs is 1. The van der Waals surface area contributed by atoms with Gasteiger partial charge in [-0.05, 0) is 37.4 Å². The Morgan fingerprint density at radius 3 is 2.78 bits per heavy atom. The summed E-state index contributed by atoms with van der Waals surface area (Å²) >= 11 is 0. The second kappa shape index (κ2) is 6.58. The third-order valence-corrected chi connectivity index (χ3v) is 4.92. The number of para-hydroxylation sites is 2. The van der Waals surface area contributed by atoms with Gasteiger partial charge in [0.2, 0.25) is 5.91 Å². The lowest BCUT2D eigenvalue weighted by molar-refractivity contribution is -0.122. The molecular weight excluding hydrogens is 292 g/mol. The molecule has 3 N–H and O–H groups in total. The lowest BCUT2D eigenvalue weighted by atomic mass is 10.0. The number of aryl methyl sites for hydroxylation is 2. The van der Waals surface area contributed by atoms with Crippen molar-refractivity contribution in [3.05, 3.63) is 34.7 Å². The van der Waals surface area contributed by atoms with Crippen LogP contribution in [0.15, 0.2) is 29.1 Å². The van der Waals surface area contributed by atoms with Crippen molar-refractivity contribution >= 4 is 16.9 Å². The average molecular weight is 316 g/mol. The standard InChI is InChI=1S/C17H24N4O2/c1-20-14-7-2-3-8-15(14)21(17(20)23)10-9-16(22)19-13-6-4-5-12(13)11-18/h2-3,7-8,12-13H,4-6,9-11,18H2,1H3,(H,19,22). The van der Waals surface area contributed by atoms with Crippen LogP contribution < -0.4 is 16.7 Å². The SMILES string of the molecule is Cn1c(=O)n(CCC(=O)NC2CCCC2CN)c2ccccc21. The van der Waals surface area contributed by atoms with E-state index in [9.17, 15) is 9.59 Å². The first-order valence-corrected chi connectivity index (χ1v) is 8.25. The first kappa shape index (κ1) is 15.8. The molecule has 2 atom stereocenters. The molecule has 2 unspecified atom stereocenters. The number of benzene rings is 1. The van der Waals surface area contributed by atoms with Crippen molar-refractivity contribution in [1.82, 2.24) is 14.5 Å². The minimum absolute atomic E-state index is 0.00446. The van der Waals surface area contributed by atoms with Gasteiger partial charge < -0.3 is 11.1 Å². The molecule has 0 bridgehead atoms. The number of nitrogens with two attached hydrogens (primary N) is 1. The Hall–Kier alpha value is -2.08. The molecule has 6 heteroatoms. The van der Waals surface area contributed by atoms with Crippen LogP contribution >= 0.6 is 0 Å². The molecule has 0 saturated heterocycles. The number of nitrogens with one attached hydrogen (secondary N) is 1. The van der Waals surface area contributed by atoms with Gasteiger partial charge in [0.1, 0.15) is 0 Å². The van der Waals surface area contributed by atoms with Gasteiger partial charge in [0, 0.05) is 26.1 Å². The molecule has 1 heterocycles. The molecule has 1 aromatic carbocycles. The average Bonchev–Trinajstić information content (AvgIpc) is 3.10. The summed E-state index contributed by atoms with van der Waals surface area (Å²) in [5, 5.41) is 3.08. The fraction of sp³-hybridized carbons (Fsp3) is 0.529. The number of carbonyl (C=O) groups is 1. The predicted molar refractivity (Wildman–Crippen MR) is 90.1 cm³/mol. The monoisotopic (exact) mass is 316 g/mol. The molecule has 6 nitrogen and oxygen atoms in total. The highest BCUT2D eigenvalue weighted by molar-refractivity contribution is 5.78. The van der Waals surface area contributed by atoms with E-state index < -0.39 is 0 Å². The Labute approximate surface area is 135 Å². The van der Waals surface area contributed by atoms with Crippen LogP contribution in [0.1, 0.15) is 25.7 Å². The van der Waals surface area contributed by atoms with Crippen molar-refractivity contribution in [1.29, 1.82) is 0 Å². The zero-order valence-electron chi connectivity index (χ0n) is 13.5. The van der Waals surface area contributed by atoms with E-state index >= 15 is 0 Å². The molecule has 1 amide bonds. The molecule has 23 heavy (non-hydrogen) atoms. The van der Waals surface area contributed by atoms with Crippen molar-refractivity contribution in [2.45, 2.75) is 38.3 Å². The maximum absolute atomic E-state index is 12.3. The van der Waals surface area contributed by atoms with E-state index in [0.717, 1.165) is 30.3 Å². The second-order valence-corrected chi connectivity index (χ2v) is 6.33. The Kier molecular flexibility index (Phi) is 4.52. The van der Waals surface area contributed by atoms with Gasteiger partial charge in [-0.3, -0.25) is 13.9 Å². The fourth-order valence-corrected chi connectivity index (χ4v) is 3.58. The number of nitrogens with zero attached hydrogens (tertiary/aromatic N) is 2. The summed E-state index contributed by atoms with van der Waals surface area (Å²) in [6.07, 6.45) is 3.52. The zero-order chi connectivity index (χ0) is 16.4. The number of aromatic nitrogens is 2. The van der Waals surface area contributed by atoms with Crippen LogP contribution in [-0.4, -0.2) is 27.6 Å². The van der Waals surface area contributed by atoms with Gasteiger partial charge in [0.15, 0.2) is 0 Å². The predicted octanol–water partition coefficient (Wildman–Crippen LogP) is 0.974. The van der Waals surface area contributed by atoms with E-state index in [2.05, 4.69) is 5.32 Å². The van der Waals surface area contributed by atoms with Crippen LogP contribution in [0.5, 0.6) is 0 Å². The number of imidazole rings is 1. The number of hydrogen-bond donors (Lipinski definition) is 2. The molecule has 1 aliphatic rings. The van der Waals surface area contributed by atoms with Crippen molar-refractivity contribution < 1.29 is 4.79 Å². The summed E-state index contributed by atoms with van der Waals surface area (Å²) in [4.78, 5) is 24.5. The van der Waals surface area contributed by atoms with Crippen molar-refractivity contribution in [2.75, 3.05) is 6.54 Å². The molecule has 1 aliphatic carbocycles. The highest BCUT2D eigenvalue weighted by Gasteiger charge is 2.27. The van der Waals surface area contributed by atoms with Crippen molar-refractivity contribution in [2.24, 2.45) is 18.7 Å². The lowest BCUT2D eigenvalue weighted by Gasteiger charge is -2.19. The Bertz CT molecular complexity index is 762. The molecule has 3 rings (SSSR count). The fourth-order valence-electron chi connectivity index (χ4n) is 3.58. The molecular formula is C17H24N4O2. The maximum Gasteiger partial charge on any atom is 0.328 e. The highest BCUT2D eigenvalue weighted by Crippen LogP contribution is 2.24. The summed E-state index contributed by atoms with van der Waals surface area (Å²) in [6, 6.07) is 7.83. The van der Waals surface area contributed by atoms with Gasteiger partial charge in [0.25, 0.3) is 0 Å². The van der Waals surface area contributed by atoms with Crippen molar-refractivity contribution in [3.63, 3.8) is 0 Å². The molecule has 124 valence electrons. The van der Waals surface area contributed by atoms with Crippen LogP contribution in [0.2, 0.25) is 0 Å². The van der Waals surface area contributed by atoms with Crippen LogP contribution in [0.4, 0.5) is 0 Å². The third-order valence-electron chi connectivity index (χ3n) is 4.92. The van der Waals surface area contributed by atoms with Crippen LogP contribution in [0, 0.1) is 5.92 Å². The van der Waals surface area contributed by atoms with Gasteiger partial charge in [0.05, 0.1) is 11.0 Å². The largest absolute Gasteiger partial charge is 0.353 e. The maximum atomic E-state index is 12.3. The van der Waals surface area contributed by atoms with E-state index in [-0.39, 0.29) is 17.6 Å². The van der Waals surface area contributed by atoms with E-state index in [0.29, 0.717) is 25.4 Å². The minimum atomic E-state index is -0.0836. The Morgan fingerprint density at radius 1 is 1.30 bits per heavy atom. The van der Waals surface area contributed by atoms with Crippen LogP contribution in [0.25, 0.3) is 11.0 Å². The van der Waals surface area contributed by atoms with Gasteiger partial charge in [-0.25, -0.2) is 4.79 Å². The number of rotatable bonds is 5. The first-order chi connectivity index (χ1) is 11.1. The lowest BCUT2D eigenvalue weighted by Crippen LogP contribution is -2.40.